The number of nitrogens with one attached hydrogen (secondary N) is 1. The second-order valence-electron chi connectivity index (χ2n) is 5.94. The number of aromatic nitrogens is 2. The zero-order valence-electron chi connectivity index (χ0n) is 15.5. The third-order valence-electron chi connectivity index (χ3n) is 4.24. The van der Waals surface area contributed by atoms with Crippen molar-refractivity contribution >= 4 is 23.2 Å². The highest BCUT2D eigenvalue weighted by molar-refractivity contribution is 6.31. The monoisotopic (exact) mass is 389 g/mol. The van der Waals surface area contributed by atoms with Crippen molar-refractivity contribution in [2.24, 2.45) is 4.99 Å². The fraction of sp³-hybridized carbons (Fsp3) is 0.333. The molecular formula is C18H20ClN5O3. The molecule has 27 heavy (non-hydrogen) atoms. The fourth-order valence-corrected chi connectivity index (χ4v) is 3.05. The second-order valence-corrected chi connectivity index (χ2v) is 6.38. The van der Waals surface area contributed by atoms with Crippen LogP contribution < -0.4 is 14.8 Å². The molecule has 2 heterocycles. The average Bonchev–Trinajstić information content (AvgIpc) is 2.68. The summed E-state index contributed by atoms with van der Waals surface area (Å²) in [6.45, 7) is 0.419. The summed E-state index contributed by atoms with van der Waals surface area (Å²) in [6.07, 6.45) is 0.806. The number of fused-ring (bicyclic) bond motifs is 1. The van der Waals surface area contributed by atoms with E-state index in [2.05, 4.69) is 20.3 Å². The molecule has 1 unspecified atom stereocenters. The van der Waals surface area contributed by atoms with E-state index in [-0.39, 0.29) is 11.9 Å². The second kappa shape index (κ2) is 7.89. The Morgan fingerprint density at radius 3 is 2.70 bits per heavy atom. The van der Waals surface area contributed by atoms with Gasteiger partial charge in [-0.1, -0.05) is 17.7 Å². The van der Waals surface area contributed by atoms with Gasteiger partial charge in [-0.3, -0.25) is 15.1 Å². The maximum atomic E-state index is 12.7. The fourth-order valence-electron chi connectivity index (χ4n) is 2.87. The zero-order chi connectivity index (χ0) is 19.6. The molecule has 0 fully saturated rings. The number of likely N-dealkylation sites (N-methyl/N-ethyl adjacent to an activating group) is 2. The minimum absolute atomic E-state index is 0.149. The van der Waals surface area contributed by atoms with Crippen molar-refractivity contribution < 1.29 is 14.3 Å². The van der Waals surface area contributed by atoms with E-state index >= 15 is 0 Å². The number of nitrogens with zero attached hydrogens (tertiary/aromatic N) is 4. The first-order valence-corrected chi connectivity index (χ1v) is 8.60. The molecule has 0 radical (unpaired) electrons. The smallest absolute Gasteiger partial charge is 0.319 e. The van der Waals surface area contributed by atoms with Crippen LogP contribution in [0, 0.1) is 0 Å². The molecule has 0 saturated heterocycles. The SMILES string of the molecule is CNC1/N=C(/c2cnc(OC)nc2OC)c2cc(Cl)ccc2CN(C)C1=O. The van der Waals surface area contributed by atoms with Gasteiger partial charge in [-0.15, -0.1) is 0 Å². The number of aliphatic imine (C=N–C) groups is 1. The molecule has 1 amide bonds. The van der Waals surface area contributed by atoms with Gasteiger partial charge >= 0.3 is 6.01 Å². The number of hydrogen-bond acceptors (Lipinski definition) is 7. The minimum Gasteiger partial charge on any atom is -0.480 e. The first-order valence-electron chi connectivity index (χ1n) is 8.22. The summed E-state index contributed by atoms with van der Waals surface area (Å²) in [7, 11) is 6.40. The number of methoxy groups -OCH3 is 2. The highest BCUT2D eigenvalue weighted by atomic mass is 35.5. The van der Waals surface area contributed by atoms with Gasteiger partial charge in [-0.25, -0.2) is 4.98 Å². The first kappa shape index (κ1) is 19.1. The maximum Gasteiger partial charge on any atom is 0.319 e. The molecule has 142 valence electrons. The molecule has 1 aliphatic heterocycles. The van der Waals surface area contributed by atoms with Crippen LogP contribution in [-0.2, 0) is 11.3 Å². The summed E-state index contributed by atoms with van der Waals surface area (Å²) >= 11 is 6.25. The van der Waals surface area contributed by atoms with Gasteiger partial charge in [0, 0.05) is 30.4 Å². The number of hydrogen-bond donors (Lipinski definition) is 1. The Morgan fingerprint density at radius 1 is 1.26 bits per heavy atom. The van der Waals surface area contributed by atoms with Crippen molar-refractivity contribution in [3.05, 3.63) is 46.1 Å². The van der Waals surface area contributed by atoms with Crippen molar-refractivity contribution in [2.75, 3.05) is 28.3 Å². The van der Waals surface area contributed by atoms with Crippen molar-refractivity contribution in [1.82, 2.24) is 20.2 Å². The maximum absolute atomic E-state index is 12.7. The lowest BCUT2D eigenvalue weighted by Crippen LogP contribution is -2.44. The predicted molar refractivity (Wildman–Crippen MR) is 102 cm³/mol. The van der Waals surface area contributed by atoms with E-state index in [0.717, 1.165) is 11.1 Å². The highest BCUT2D eigenvalue weighted by Gasteiger charge is 2.28. The number of rotatable bonds is 4. The Labute approximate surface area is 162 Å². The van der Waals surface area contributed by atoms with Gasteiger partial charge in [0.05, 0.1) is 25.5 Å². The lowest BCUT2D eigenvalue weighted by Gasteiger charge is -2.27. The number of amides is 1. The van der Waals surface area contributed by atoms with E-state index < -0.39 is 6.17 Å². The highest BCUT2D eigenvalue weighted by Crippen LogP contribution is 2.27. The zero-order valence-corrected chi connectivity index (χ0v) is 16.2. The molecule has 1 N–H and O–H groups in total. The van der Waals surface area contributed by atoms with Crippen LogP contribution in [0.1, 0.15) is 16.7 Å². The van der Waals surface area contributed by atoms with Crippen LogP contribution in [-0.4, -0.2) is 61.0 Å². The largest absolute Gasteiger partial charge is 0.480 e. The summed E-state index contributed by atoms with van der Waals surface area (Å²) in [5.74, 6) is 0.145. The Bertz CT molecular complexity index is 903. The normalized spacial score (nSPS) is 18.9. The molecule has 2 aromatic rings. The Hall–Kier alpha value is -2.71. The number of ether oxygens (including phenoxy) is 2. The minimum atomic E-state index is -0.760. The van der Waals surface area contributed by atoms with E-state index in [1.54, 1.807) is 31.3 Å². The summed E-state index contributed by atoms with van der Waals surface area (Å²) in [5, 5.41) is 3.50. The molecule has 0 spiro atoms. The van der Waals surface area contributed by atoms with Crippen molar-refractivity contribution in [1.29, 1.82) is 0 Å². The molecule has 0 bridgehead atoms. The molecule has 1 aromatic carbocycles. The summed E-state index contributed by atoms with van der Waals surface area (Å²) in [6, 6.07) is 5.66. The van der Waals surface area contributed by atoms with Crippen molar-refractivity contribution in [2.45, 2.75) is 12.7 Å². The van der Waals surface area contributed by atoms with Crippen LogP contribution in [0.5, 0.6) is 11.9 Å². The number of carbonyl (C=O) groups excluding carboxylic acids is 1. The predicted octanol–water partition coefficient (Wildman–Crippen LogP) is 1.50. The van der Waals surface area contributed by atoms with Gasteiger partial charge in [-0.2, -0.15) is 4.98 Å². The quantitative estimate of drug-likeness (QED) is 0.852. The van der Waals surface area contributed by atoms with Crippen LogP contribution in [0.15, 0.2) is 29.4 Å². The molecule has 1 aromatic heterocycles. The Kier molecular flexibility index (Phi) is 5.57. The lowest BCUT2D eigenvalue weighted by atomic mass is 9.97. The van der Waals surface area contributed by atoms with Gasteiger partial charge in [0.15, 0.2) is 6.17 Å². The standard InChI is InChI=1S/C18H20ClN5O3/c1-20-15-17(25)24(2)9-10-5-6-11(19)7-12(10)14(22-15)13-8-21-18(27-4)23-16(13)26-3/h5-8,15,20H,9H2,1-4H3/b22-14+. The van der Waals surface area contributed by atoms with E-state index in [1.807, 2.05) is 12.1 Å². The average molecular weight is 390 g/mol. The van der Waals surface area contributed by atoms with Crippen LogP contribution in [0.4, 0.5) is 0 Å². The molecule has 0 aliphatic carbocycles. The number of carbonyl (C=O) groups is 1. The van der Waals surface area contributed by atoms with Gasteiger partial charge in [0.25, 0.3) is 5.91 Å². The topological polar surface area (TPSA) is 88.9 Å². The third kappa shape index (κ3) is 3.72. The van der Waals surface area contributed by atoms with Gasteiger partial charge in [0.2, 0.25) is 5.88 Å². The van der Waals surface area contributed by atoms with Crippen LogP contribution in [0.2, 0.25) is 5.02 Å². The van der Waals surface area contributed by atoms with Crippen LogP contribution in [0.3, 0.4) is 0 Å². The first-order chi connectivity index (χ1) is 13.0. The number of halogens is 1. The van der Waals surface area contributed by atoms with E-state index in [1.165, 1.54) is 14.2 Å². The van der Waals surface area contributed by atoms with Crippen LogP contribution >= 0.6 is 11.6 Å². The lowest BCUT2D eigenvalue weighted by molar-refractivity contribution is -0.132. The van der Waals surface area contributed by atoms with Gasteiger partial charge in [0.1, 0.15) is 0 Å². The van der Waals surface area contributed by atoms with Crippen LogP contribution in [0.25, 0.3) is 0 Å². The third-order valence-corrected chi connectivity index (χ3v) is 4.47. The van der Waals surface area contributed by atoms with Crippen molar-refractivity contribution in [3.8, 4) is 11.9 Å². The molecule has 1 atom stereocenters. The van der Waals surface area contributed by atoms with E-state index in [9.17, 15) is 4.79 Å². The van der Waals surface area contributed by atoms with Gasteiger partial charge in [-0.05, 0) is 24.7 Å². The molecule has 9 heteroatoms. The van der Waals surface area contributed by atoms with E-state index in [4.69, 9.17) is 21.1 Å². The Balaban J connectivity index is 2.27. The molecule has 0 saturated carbocycles. The molecule has 8 nitrogen and oxygen atoms in total. The Morgan fingerprint density at radius 2 is 2.04 bits per heavy atom. The van der Waals surface area contributed by atoms with E-state index in [0.29, 0.717) is 28.7 Å². The van der Waals surface area contributed by atoms with Crippen molar-refractivity contribution in [3.63, 3.8) is 0 Å². The number of benzene rings is 1. The summed E-state index contributed by atoms with van der Waals surface area (Å²) in [4.78, 5) is 27.4. The molecular weight excluding hydrogens is 370 g/mol. The van der Waals surface area contributed by atoms with Gasteiger partial charge < -0.3 is 14.4 Å². The molecule has 3 rings (SSSR count). The summed E-state index contributed by atoms with van der Waals surface area (Å²) in [5.41, 5.74) is 2.75. The molecule has 1 aliphatic rings. The summed E-state index contributed by atoms with van der Waals surface area (Å²) < 4.78 is 10.5.